The van der Waals surface area contributed by atoms with Crippen molar-refractivity contribution in [2.75, 3.05) is 6.26 Å². The van der Waals surface area contributed by atoms with Crippen LogP contribution >= 0.6 is 15.9 Å². The van der Waals surface area contributed by atoms with Crippen molar-refractivity contribution in [3.8, 4) is 11.5 Å². The first-order valence-electron chi connectivity index (χ1n) is 5.73. The van der Waals surface area contributed by atoms with Crippen LogP contribution in [-0.4, -0.2) is 14.7 Å². The molecule has 0 fully saturated rings. The lowest BCUT2D eigenvalue weighted by Crippen LogP contribution is -2.00. The maximum Gasteiger partial charge on any atom is 0.151 e. The zero-order chi connectivity index (χ0) is 14.8. The van der Waals surface area contributed by atoms with Gasteiger partial charge in [0.2, 0.25) is 0 Å². The number of ether oxygens (including phenoxy) is 1. The van der Waals surface area contributed by atoms with Gasteiger partial charge in [0.25, 0.3) is 0 Å². The van der Waals surface area contributed by atoms with Crippen molar-refractivity contribution in [3.05, 3.63) is 58.3 Å². The Hall–Kier alpha value is -1.40. The molecule has 20 heavy (non-hydrogen) atoms. The van der Waals surface area contributed by atoms with Gasteiger partial charge in [0, 0.05) is 6.26 Å². The normalized spacial score (nSPS) is 11.3. The third kappa shape index (κ3) is 4.31. The highest BCUT2D eigenvalue weighted by molar-refractivity contribution is 9.10. The van der Waals surface area contributed by atoms with Crippen molar-refractivity contribution < 1.29 is 17.5 Å². The second-order valence-electron chi connectivity index (χ2n) is 4.39. The van der Waals surface area contributed by atoms with Crippen LogP contribution in [0.1, 0.15) is 5.56 Å². The molecule has 0 amide bonds. The highest BCUT2D eigenvalue weighted by Gasteiger charge is 2.08. The molecule has 2 aromatic carbocycles. The predicted molar refractivity (Wildman–Crippen MR) is 79.2 cm³/mol. The summed E-state index contributed by atoms with van der Waals surface area (Å²) in [5, 5.41) is 0. The van der Waals surface area contributed by atoms with Crippen molar-refractivity contribution >= 4 is 25.8 Å². The standard InChI is InChI=1S/C14H12BrFO3S/c1-20(17,18)9-10-2-7-14(13(15)8-10)19-12-5-3-11(16)4-6-12/h2-8H,9H2,1H3. The molecule has 0 aliphatic carbocycles. The summed E-state index contributed by atoms with van der Waals surface area (Å²) in [6.45, 7) is 0. The molecule has 0 spiro atoms. The van der Waals surface area contributed by atoms with Crippen LogP contribution < -0.4 is 4.74 Å². The van der Waals surface area contributed by atoms with Crippen molar-refractivity contribution in [3.63, 3.8) is 0 Å². The molecule has 0 unspecified atom stereocenters. The molecule has 0 N–H and O–H groups in total. The van der Waals surface area contributed by atoms with E-state index in [1.54, 1.807) is 18.2 Å². The SMILES string of the molecule is CS(=O)(=O)Cc1ccc(Oc2ccc(F)cc2)c(Br)c1. The van der Waals surface area contributed by atoms with Gasteiger partial charge in [-0.25, -0.2) is 12.8 Å². The average Bonchev–Trinajstić information content (AvgIpc) is 2.33. The molecule has 6 heteroatoms. The second kappa shape index (κ2) is 5.93. The largest absolute Gasteiger partial charge is 0.456 e. The van der Waals surface area contributed by atoms with E-state index in [4.69, 9.17) is 4.74 Å². The zero-order valence-electron chi connectivity index (χ0n) is 10.6. The van der Waals surface area contributed by atoms with E-state index >= 15 is 0 Å². The van der Waals surface area contributed by atoms with E-state index < -0.39 is 9.84 Å². The first kappa shape index (κ1) is 15.0. The maximum absolute atomic E-state index is 12.8. The molecule has 0 saturated carbocycles. The maximum atomic E-state index is 12.8. The lowest BCUT2D eigenvalue weighted by molar-refractivity contribution is 0.477. The molecule has 0 saturated heterocycles. The fourth-order valence-corrected chi connectivity index (χ4v) is 2.94. The van der Waals surface area contributed by atoms with Crippen LogP contribution in [0, 0.1) is 5.82 Å². The van der Waals surface area contributed by atoms with Gasteiger partial charge in [-0.1, -0.05) is 6.07 Å². The number of hydrogen-bond acceptors (Lipinski definition) is 3. The highest BCUT2D eigenvalue weighted by Crippen LogP contribution is 2.31. The van der Waals surface area contributed by atoms with Gasteiger partial charge >= 0.3 is 0 Å². The van der Waals surface area contributed by atoms with Gasteiger partial charge in [-0.05, 0) is 57.9 Å². The minimum absolute atomic E-state index is 0.0254. The third-order valence-electron chi connectivity index (χ3n) is 2.47. The van der Waals surface area contributed by atoms with Gasteiger partial charge in [0.05, 0.1) is 10.2 Å². The first-order chi connectivity index (χ1) is 9.33. The van der Waals surface area contributed by atoms with Gasteiger partial charge in [0.1, 0.15) is 17.3 Å². The van der Waals surface area contributed by atoms with Crippen LogP contribution in [-0.2, 0) is 15.6 Å². The highest BCUT2D eigenvalue weighted by atomic mass is 79.9. The van der Waals surface area contributed by atoms with Gasteiger partial charge < -0.3 is 4.74 Å². The van der Waals surface area contributed by atoms with Crippen molar-refractivity contribution in [2.24, 2.45) is 0 Å². The van der Waals surface area contributed by atoms with Crippen LogP contribution in [0.25, 0.3) is 0 Å². The van der Waals surface area contributed by atoms with Gasteiger partial charge in [-0.2, -0.15) is 0 Å². The topological polar surface area (TPSA) is 43.4 Å². The van der Waals surface area contributed by atoms with Crippen LogP contribution in [0.15, 0.2) is 46.9 Å². The Balaban J connectivity index is 2.19. The molecule has 0 bridgehead atoms. The number of rotatable bonds is 4. The molecular formula is C14H12BrFO3S. The summed E-state index contributed by atoms with van der Waals surface area (Å²) in [5.74, 6) is 0.680. The number of halogens is 2. The minimum atomic E-state index is -3.07. The molecule has 0 radical (unpaired) electrons. The molecule has 0 aromatic heterocycles. The summed E-state index contributed by atoms with van der Waals surface area (Å²) in [6.07, 6.45) is 1.18. The van der Waals surface area contributed by atoms with E-state index in [1.807, 2.05) is 0 Å². The fraction of sp³-hybridized carbons (Fsp3) is 0.143. The van der Waals surface area contributed by atoms with Crippen LogP contribution in [0.5, 0.6) is 11.5 Å². The predicted octanol–water partition coefficient (Wildman–Crippen LogP) is 3.93. The Morgan fingerprint density at radius 3 is 2.35 bits per heavy atom. The minimum Gasteiger partial charge on any atom is -0.456 e. The first-order valence-corrected chi connectivity index (χ1v) is 8.58. The lowest BCUT2D eigenvalue weighted by atomic mass is 10.2. The Morgan fingerprint density at radius 1 is 1.15 bits per heavy atom. The number of sulfone groups is 1. The summed E-state index contributed by atoms with van der Waals surface area (Å²) < 4.78 is 41.5. The Bertz CT molecular complexity index is 712. The Kier molecular flexibility index (Phi) is 4.45. The molecule has 0 atom stereocenters. The van der Waals surface area contributed by atoms with Crippen LogP contribution in [0.3, 0.4) is 0 Å². The zero-order valence-corrected chi connectivity index (χ0v) is 13.0. The van der Waals surface area contributed by atoms with Crippen molar-refractivity contribution in [1.29, 1.82) is 0 Å². The van der Waals surface area contributed by atoms with Gasteiger partial charge in [-0.15, -0.1) is 0 Å². The van der Waals surface area contributed by atoms with Crippen molar-refractivity contribution in [2.45, 2.75) is 5.75 Å². The quantitative estimate of drug-likeness (QED) is 0.831. The molecule has 0 aliphatic rings. The Morgan fingerprint density at radius 2 is 1.80 bits per heavy atom. The van der Waals surface area contributed by atoms with Gasteiger partial charge in [-0.3, -0.25) is 0 Å². The van der Waals surface area contributed by atoms with Crippen molar-refractivity contribution in [1.82, 2.24) is 0 Å². The average molecular weight is 359 g/mol. The van der Waals surface area contributed by atoms with E-state index in [-0.39, 0.29) is 11.6 Å². The summed E-state index contributed by atoms with van der Waals surface area (Å²) in [5.41, 5.74) is 0.672. The molecule has 0 aliphatic heterocycles. The molecule has 2 aromatic rings. The van der Waals surface area contributed by atoms with E-state index in [0.717, 1.165) is 0 Å². The fourth-order valence-electron chi connectivity index (χ4n) is 1.65. The Labute approximate surface area is 125 Å². The van der Waals surface area contributed by atoms with E-state index in [9.17, 15) is 12.8 Å². The number of hydrogen-bond donors (Lipinski definition) is 0. The van der Waals surface area contributed by atoms with E-state index in [2.05, 4.69) is 15.9 Å². The summed E-state index contributed by atoms with van der Waals surface area (Å²) in [6, 6.07) is 10.7. The second-order valence-corrected chi connectivity index (χ2v) is 7.39. The molecule has 0 heterocycles. The van der Waals surface area contributed by atoms with Crippen LogP contribution in [0.2, 0.25) is 0 Å². The van der Waals surface area contributed by atoms with Gasteiger partial charge in [0.15, 0.2) is 9.84 Å². The smallest absolute Gasteiger partial charge is 0.151 e. The summed E-state index contributed by atoms with van der Waals surface area (Å²) >= 11 is 3.33. The number of benzene rings is 2. The molecule has 2 rings (SSSR count). The van der Waals surface area contributed by atoms with E-state index in [1.165, 1.54) is 30.5 Å². The molecule has 106 valence electrons. The molecule has 3 nitrogen and oxygen atoms in total. The van der Waals surface area contributed by atoms with Crippen LogP contribution in [0.4, 0.5) is 4.39 Å². The summed E-state index contributed by atoms with van der Waals surface area (Å²) in [4.78, 5) is 0. The molecular weight excluding hydrogens is 347 g/mol. The van der Waals surface area contributed by atoms with E-state index in [0.29, 0.717) is 21.5 Å². The lowest BCUT2D eigenvalue weighted by Gasteiger charge is -2.09. The summed E-state index contributed by atoms with van der Waals surface area (Å²) in [7, 11) is -3.07. The third-order valence-corrected chi connectivity index (χ3v) is 3.94. The monoisotopic (exact) mass is 358 g/mol.